The van der Waals surface area contributed by atoms with Crippen molar-refractivity contribution >= 4 is 0 Å². The second-order valence-electron chi connectivity index (χ2n) is 20.0. The smallest absolute Gasteiger partial charge is 0.122 e. The normalized spacial score (nSPS) is 13.2. The van der Waals surface area contributed by atoms with E-state index in [2.05, 4.69) is 198 Å². The second kappa shape index (κ2) is 24.6. The lowest BCUT2D eigenvalue weighted by Gasteiger charge is -2.34. The highest BCUT2D eigenvalue weighted by Crippen LogP contribution is 2.58. The number of aryl methyl sites for hydroxylation is 4. The molecule has 8 aromatic rings. The van der Waals surface area contributed by atoms with Crippen molar-refractivity contribution in [3.8, 4) is 45.3 Å². The van der Waals surface area contributed by atoms with Crippen LogP contribution in [0, 0.1) is 27.7 Å². The van der Waals surface area contributed by atoms with Crippen LogP contribution >= 0.6 is 0 Å². The predicted molar refractivity (Wildman–Crippen MR) is 304 cm³/mol. The molecule has 0 atom stereocenters. The average Bonchev–Trinajstić information content (AvgIpc) is 4.11. The van der Waals surface area contributed by atoms with E-state index in [0.717, 1.165) is 70.9 Å². The molecule has 8 aromatic carbocycles. The summed E-state index contributed by atoms with van der Waals surface area (Å²) < 4.78 is 24.1. The van der Waals surface area contributed by atoms with E-state index >= 15 is 0 Å². The Hall–Kier alpha value is -7.20. The summed E-state index contributed by atoms with van der Waals surface area (Å²) in [5.41, 5.74) is 18.2. The van der Waals surface area contributed by atoms with E-state index in [1.807, 2.05) is 0 Å². The minimum atomic E-state index is -0.490. The zero-order chi connectivity index (χ0) is 53.1. The molecule has 0 spiro atoms. The summed E-state index contributed by atoms with van der Waals surface area (Å²) in [5, 5.41) is 36.5. The van der Waals surface area contributed by atoms with Crippen molar-refractivity contribution in [3.63, 3.8) is 0 Å². The lowest BCUT2D eigenvalue weighted by molar-refractivity contribution is 0.232. The zero-order valence-electron chi connectivity index (χ0n) is 44.5. The number of fused-ring (bicyclic) bond motifs is 6. The van der Waals surface area contributed by atoms with E-state index in [1.54, 1.807) is 0 Å². The Balaban J connectivity index is 0.000000186. The second-order valence-corrected chi connectivity index (χ2v) is 20.0. The SMILES string of the molecule is Cc1cc(C2(c3ccc(OCCCCO)c(C)c3)c3ccccc3-c3ccccc32)ccc1OCCCCO.Cc1cc(C2(c3ccc(OCCCO)c(C)c3)c3ccccc3-c3ccccc32)ccc1OCCCO. The van der Waals surface area contributed by atoms with Crippen molar-refractivity contribution in [2.24, 2.45) is 0 Å². The standard InChI is InChI=1S/C35H38O4.C33H34O4/c1-25-23-27(15-17-33(25)38-21-9-7-19-36)35(28-16-18-34(26(2)24-28)39-22-10-8-20-37)31-13-5-3-11-29(31)30-12-4-6-14-32(30)35;1-23-21-25(13-15-31(23)36-19-7-17-34)33(26-14-16-32(24(2)22-26)37-20-8-18-35)29-11-5-3-9-27(29)28-10-4-6-12-30(28)33/h3-6,11-18,23-24,36-37H,7-10,19-22H2,1-2H3;3-6,9-16,21-22,34-35H,7-8,17-20H2,1-2H3. The summed E-state index contributed by atoms with van der Waals surface area (Å²) in [6, 6.07) is 61.0. The number of benzene rings is 8. The third kappa shape index (κ3) is 10.4. The Kier molecular flexibility index (Phi) is 17.4. The first kappa shape index (κ1) is 53.6. The van der Waals surface area contributed by atoms with Crippen LogP contribution in [0.5, 0.6) is 23.0 Å². The van der Waals surface area contributed by atoms with Crippen LogP contribution < -0.4 is 18.9 Å². The van der Waals surface area contributed by atoms with E-state index in [4.69, 9.17) is 39.4 Å². The van der Waals surface area contributed by atoms with Crippen LogP contribution in [0.4, 0.5) is 0 Å². The average molecular weight is 1020 g/mol. The molecule has 0 heterocycles. The number of unbranched alkanes of at least 4 members (excludes halogenated alkanes) is 2. The number of aliphatic hydroxyl groups excluding tert-OH is 4. The van der Waals surface area contributed by atoms with Gasteiger partial charge in [-0.15, -0.1) is 0 Å². The van der Waals surface area contributed by atoms with Gasteiger partial charge in [-0.05, 0) is 167 Å². The van der Waals surface area contributed by atoms with Crippen LogP contribution in [0.25, 0.3) is 22.3 Å². The topological polar surface area (TPSA) is 118 Å². The van der Waals surface area contributed by atoms with Crippen LogP contribution in [-0.2, 0) is 10.8 Å². The van der Waals surface area contributed by atoms with Gasteiger partial charge in [0.15, 0.2) is 0 Å². The Morgan fingerprint density at radius 3 is 0.763 bits per heavy atom. The van der Waals surface area contributed by atoms with Gasteiger partial charge in [0.1, 0.15) is 23.0 Å². The summed E-state index contributed by atoms with van der Waals surface area (Å²) in [6.45, 7) is 11.2. The Morgan fingerprint density at radius 1 is 0.289 bits per heavy atom. The summed E-state index contributed by atoms with van der Waals surface area (Å²) in [6.07, 6.45) is 4.37. The molecule has 76 heavy (non-hydrogen) atoms. The number of hydrogen-bond acceptors (Lipinski definition) is 8. The zero-order valence-corrected chi connectivity index (χ0v) is 44.5. The quantitative estimate of drug-likeness (QED) is 0.0496. The van der Waals surface area contributed by atoms with Gasteiger partial charge in [-0.2, -0.15) is 0 Å². The molecule has 0 radical (unpaired) electrons. The van der Waals surface area contributed by atoms with E-state index in [1.165, 1.54) is 66.8 Å². The van der Waals surface area contributed by atoms with Gasteiger partial charge in [0.05, 0.1) is 37.3 Å². The lowest BCUT2D eigenvalue weighted by Crippen LogP contribution is -2.29. The first-order chi connectivity index (χ1) is 37.2. The van der Waals surface area contributed by atoms with E-state index in [9.17, 15) is 0 Å². The fourth-order valence-electron chi connectivity index (χ4n) is 11.5. The molecule has 0 aliphatic heterocycles. The van der Waals surface area contributed by atoms with Gasteiger partial charge in [0, 0.05) is 39.3 Å². The minimum absolute atomic E-state index is 0.118. The Morgan fingerprint density at radius 2 is 0.526 bits per heavy atom. The largest absolute Gasteiger partial charge is 0.493 e. The van der Waals surface area contributed by atoms with Crippen molar-refractivity contribution in [1.82, 2.24) is 0 Å². The van der Waals surface area contributed by atoms with Gasteiger partial charge >= 0.3 is 0 Å². The number of hydrogen-bond donors (Lipinski definition) is 4. The van der Waals surface area contributed by atoms with Gasteiger partial charge < -0.3 is 39.4 Å². The maximum atomic E-state index is 9.15. The van der Waals surface area contributed by atoms with Crippen LogP contribution in [0.15, 0.2) is 170 Å². The number of ether oxygens (including phenoxy) is 4. The number of rotatable bonds is 22. The van der Waals surface area contributed by atoms with Crippen LogP contribution in [-0.4, -0.2) is 73.3 Å². The number of aliphatic hydroxyl groups is 4. The molecule has 4 N–H and O–H groups in total. The van der Waals surface area contributed by atoms with Crippen molar-refractivity contribution < 1.29 is 39.4 Å². The first-order valence-electron chi connectivity index (χ1n) is 27.0. The van der Waals surface area contributed by atoms with E-state index in [-0.39, 0.29) is 26.4 Å². The van der Waals surface area contributed by atoms with E-state index in [0.29, 0.717) is 39.3 Å². The molecule has 0 bridgehead atoms. The molecular formula is C68H72O8. The first-order valence-corrected chi connectivity index (χ1v) is 27.0. The van der Waals surface area contributed by atoms with Crippen LogP contribution in [0.1, 0.15) is 105 Å². The summed E-state index contributed by atoms with van der Waals surface area (Å²) in [4.78, 5) is 0. The van der Waals surface area contributed by atoms with Gasteiger partial charge in [0.2, 0.25) is 0 Å². The van der Waals surface area contributed by atoms with Crippen molar-refractivity contribution in [1.29, 1.82) is 0 Å². The lowest BCUT2D eigenvalue weighted by atomic mass is 9.67. The monoisotopic (exact) mass is 1020 g/mol. The van der Waals surface area contributed by atoms with Crippen molar-refractivity contribution in [2.45, 2.75) is 77.0 Å². The Bertz CT molecular complexity index is 3030. The molecular weight excluding hydrogens is 945 g/mol. The third-order valence-corrected chi connectivity index (χ3v) is 15.1. The molecule has 8 heteroatoms. The summed E-state index contributed by atoms with van der Waals surface area (Å²) >= 11 is 0. The molecule has 0 amide bonds. The highest BCUT2D eigenvalue weighted by atomic mass is 16.5. The molecule has 0 unspecified atom stereocenters. The highest BCUT2D eigenvalue weighted by Gasteiger charge is 2.48. The van der Waals surface area contributed by atoms with Crippen molar-refractivity contribution in [3.05, 3.63) is 237 Å². The Labute approximate surface area is 449 Å². The molecule has 10 rings (SSSR count). The molecule has 0 aromatic heterocycles. The summed E-state index contributed by atoms with van der Waals surface area (Å²) in [5.74, 6) is 3.45. The molecule has 2 aliphatic carbocycles. The maximum Gasteiger partial charge on any atom is 0.122 e. The van der Waals surface area contributed by atoms with Crippen LogP contribution in [0.3, 0.4) is 0 Å². The predicted octanol–water partition coefficient (Wildman–Crippen LogP) is 13.2. The van der Waals surface area contributed by atoms with Crippen molar-refractivity contribution in [2.75, 3.05) is 52.9 Å². The van der Waals surface area contributed by atoms with Gasteiger partial charge in [-0.3, -0.25) is 0 Å². The van der Waals surface area contributed by atoms with Gasteiger partial charge in [0.25, 0.3) is 0 Å². The van der Waals surface area contributed by atoms with Gasteiger partial charge in [-0.25, -0.2) is 0 Å². The fourth-order valence-corrected chi connectivity index (χ4v) is 11.5. The molecule has 2 aliphatic rings. The van der Waals surface area contributed by atoms with Crippen LogP contribution in [0.2, 0.25) is 0 Å². The summed E-state index contributed by atoms with van der Waals surface area (Å²) in [7, 11) is 0. The minimum Gasteiger partial charge on any atom is -0.493 e. The van der Waals surface area contributed by atoms with Gasteiger partial charge in [-0.1, -0.05) is 146 Å². The third-order valence-electron chi connectivity index (χ3n) is 15.1. The maximum absolute atomic E-state index is 9.15. The van der Waals surface area contributed by atoms with E-state index < -0.39 is 10.8 Å². The molecule has 0 saturated carbocycles. The molecule has 0 saturated heterocycles. The molecule has 0 fully saturated rings. The molecule has 8 nitrogen and oxygen atoms in total. The molecule has 392 valence electrons. The highest BCUT2D eigenvalue weighted by molar-refractivity contribution is 5.88. The fraction of sp³-hybridized carbons (Fsp3) is 0.294.